The lowest BCUT2D eigenvalue weighted by Crippen LogP contribution is -2.60. The summed E-state index contributed by atoms with van der Waals surface area (Å²) in [5.74, 6) is 4.25. The summed E-state index contributed by atoms with van der Waals surface area (Å²) in [6.45, 7) is 13.7. The minimum Gasteiger partial charge on any atom is -0.394 e. The fraction of sp³-hybridized carbons (Fsp3) is 0.912. The van der Waals surface area contributed by atoms with Crippen molar-refractivity contribution in [1.29, 1.82) is 0 Å². The van der Waals surface area contributed by atoms with Gasteiger partial charge in [0.25, 0.3) is 0 Å². The summed E-state index contributed by atoms with van der Waals surface area (Å²) in [6, 6.07) is 0. The van der Waals surface area contributed by atoms with E-state index in [1.807, 2.05) is 0 Å². The van der Waals surface area contributed by atoms with Gasteiger partial charge >= 0.3 is 0 Å². The Morgan fingerprint density at radius 3 is 2.44 bits per heavy atom. The van der Waals surface area contributed by atoms with Crippen LogP contribution in [-0.4, -0.2) is 69.6 Å². The van der Waals surface area contributed by atoms with Crippen LogP contribution in [0.25, 0.3) is 0 Å². The normalized spacial score (nSPS) is 47.8. The van der Waals surface area contributed by atoms with Gasteiger partial charge in [-0.15, -0.1) is 0 Å². The van der Waals surface area contributed by atoms with Gasteiger partial charge in [-0.3, -0.25) is 4.79 Å². The van der Waals surface area contributed by atoms with Gasteiger partial charge in [-0.1, -0.05) is 66.0 Å². The number of rotatable bonds is 8. The minimum atomic E-state index is -1.44. The van der Waals surface area contributed by atoms with E-state index in [2.05, 4.69) is 47.6 Å². The number of fused-ring (bicyclic) bond motifs is 5. The van der Waals surface area contributed by atoms with Crippen LogP contribution in [0, 0.1) is 52.3 Å². The molecule has 0 radical (unpaired) electrons. The molecule has 0 aromatic rings. The Kier molecular flexibility index (Phi) is 9.19. The second-order valence-corrected chi connectivity index (χ2v) is 15.4. The molecule has 0 amide bonds. The first-order chi connectivity index (χ1) is 19.3. The van der Waals surface area contributed by atoms with Gasteiger partial charge in [-0.25, -0.2) is 0 Å². The number of Topliss-reactive ketones (excluding diaryl/α,β-unsaturated/α-hetero) is 1. The van der Waals surface area contributed by atoms with E-state index in [0.717, 1.165) is 25.2 Å². The van der Waals surface area contributed by atoms with Crippen molar-refractivity contribution in [3.05, 3.63) is 11.6 Å². The van der Waals surface area contributed by atoms with Crippen LogP contribution >= 0.6 is 0 Å². The zero-order valence-electron chi connectivity index (χ0n) is 26.2. The molecule has 0 spiro atoms. The number of aliphatic hydroxyl groups excluding tert-OH is 4. The molecule has 14 atom stereocenters. The van der Waals surface area contributed by atoms with E-state index in [-0.39, 0.29) is 22.9 Å². The van der Waals surface area contributed by atoms with Gasteiger partial charge in [0, 0.05) is 12.3 Å². The molecule has 0 bridgehead atoms. The molecule has 41 heavy (non-hydrogen) atoms. The standard InChI is InChI=1S/C34H56O7/c1-18(2)19(3)7-8-20(4)24-11-12-25-23-10-9-21-15-22(40-32-31(39)30(38)29(37)27(17-35)41-32)13-14-33(21,5)28(23)26(36)16-34(24,25)6/h9,18-20,22-25,27-32,35,37-39H,7-8,10-17H2,1-6H3. The van der Waals surface area contributed by atoms with Gasteiger partial charge in [-0.05, 0) is 84.9 Å². The lowest BCUT2D eigenvalue weighted by molar-refractivity contribution is -0.313. The highest BCUT2D eigenvalue weighted by Crippen LogP contribution is 2.66. The van der Waals surface area contributed by atoms with E-state index in [1.165, 1.54) is 31.3 Å². The SMILES string of the molecule is CC(C)C(C)CCC(C)C1CCC2C3CC=C4CC(OC5OC(CO)C(O)C(O)C5O)CCC4(C)C3C(=O)CC12C. The predicted molar refractivity (Wildman–Crippen MR) is 157 cm³/mol. The molecular weight excluding hydrogens is 520 g/mol. The first kappa shape index (κ1) is 31.6. The molecule has 4 aliphatic carbocycles. The molecule has 5 rings (SSSR count). The van der Waals surface area contributed by atoms with E-state index in [1.54, 1.807) is 0 Å². The van der Waals surface area contributed by atoms with E-state index >= 15 is 0 Å². The zero-order valence-corrected chi connectivity index (χ0v) is 26.2. The summed E-state index contributed by atoms with van der Waals surface area (Å²) in [5, 5.41) is 40.3. The smallest absolute Gasteiger partial charge is 0.186 e. The highest BCUT2D eigenvalue weighted by molar-refractivity contribution is 5.85. The molecule has 234 valence electrons. The van der Waals surface area contributed by atoms with Gasteiger partial charge < -0.3 is 29.9 Å². The largest absolute Gasteiger partial charge is 0.394 e. The van der Waals surface area contributed by atoms with E-state index in [4.69, 9.17) is 9.47 Å². The second kappa shape index (κ2) is 11.9. The monoisotopic (exact) mass is 576 g/mol. The summed E-state index contributed by atoms with van der Waals surface area (Å²) >= 11 is 0. The second-order valence-electron chi connectivity index (χ2n) is 15.4. The van der Waals surface area contributed by atoms with Crippen molar-refractivity contribution in [2.45, 2.75) is 136 Å². The summed E-state index contributed by atoms with van der Waals surface area (Å²) in [4.78, 5) is 14.2. The molecule has 14 unspecified atom stereocenters. The van der Waals surface area contributed by atoms with Crippen molar-refractivity contribution in [1.82, 2.24) is 0 Å². The highest BCUT2D eigenvalue weighted by atomic mass is 16.7. The number of hydrogen-bond acceptors (Lipinski definition) is 7. The molecule has 1 aliphatic heterocycles. The molecule has 4 fully saturated rings. The van der Waals surface area contributed by atoms with Crippen LogP contribution in [0.15, 0.2) is 11.6 Å². The topological polar surface area (TPSA) is 116 Å². The molecule has 1 heterocycles. The third-order valence-corrected chi connectivity index (χ3v) is 12.9. The van der Waals surface area contributed by atoms with Gasteiger partial charge in [-0.2, -0.15) is 0 Å². The number of ether oxygens (including phenoxy) is 2. The first-order valence-electron chi connectivity index (χ1n) is 16.5. The Labute approximate surface area is 247 Å². The van der Waals surface area contributed by atoms with Crippen molar-refractivity contribution in [2.75, 3.05) is 6.61 Å². The molecule has 4 N–H and O–H groups in total. The molecule has 7 nitrogen and oxygen atoms in total. The van der Waals surface area contributed by atoms with Crippen molar-refractivity contribution in [3.8, 4) is 0 Å². The van der Waals surface area contributed by atoms with Crippen LogP contribution in [0.3, 0.4) is 0 Å². The summed E-state index contributed by atoms with van der Waals surface area (Å²) in [6.07, 6.45) is 4.74. The maximum Gasteiger partial charge on any atom is 0.186 e. The predicted octanol–water partition coefficient (Wildman–Crippen LogP) is 4.64. The first-order valence-corrected chi connectivity index (χ1v) is 16.5. The average molecular weight is 577 g/mol. The third-order valence-electron chi connectivity index (χ3n) is 12.9. The third kappa shape index (κ3) is 5.50. The lowest BCUT2D eigenvalue weighted by atomic mass is 9.46. The Morgan fingerprint density at radius 2 is 1.76 bits per heavy atom. The Bertz CT molecular complexity index is 978. The number of carbonyl (C=O) groups excluding carboxylic acids is 1. The number of carbonyl (C=O) groups is 1. The van der Waals surface area contributed by atoms with Crippen molar-refractivity contribution >= 4 is 5.78 Å². The number of aliphatic hydroxyl groups is 4. The molecule has 3 saturated carbocycles. The fourth-order valence-electron chi connectivity index (χ4n) is 9.98. The molecule has 0 aromatic heterocycles. The summed E-state index contributed by atoms with van der Waals surface area (Å²) < 4.78 is 11.8. The molecule has 5 aliphatic rings. The Morgan fingerprint density at radius 1 is 1.02 bits per heavy atom. The van der Waals surface area contributed by atoms with Gasteiger partial charge in [0.05, 0.1) is 12.7 Å². The average Bonchev–Trinajstić information content (AvgIpc) is 3.28. The molecule has 7 heteroatoms. The quantitative estimate of drug-likeness (QED) is 0.311. The van der Waals surface area contributed by atoms with Crippen molar-refractivity contribution in [3.63, 3.8) is 0 Å². The van der Waals surface area contributed by atoms with Crippen LogP contribution in [0.4, 0.5) is 0 Å². The maximum atomic E-state index is 14.2. The van der Waals surface area contributed by atoms with Crippen LogP contribution in [-0.2, 0) is 14.3 Å². The number of hydrogen-bond donors (Lipinski definition) is 4. The van der Waals surface area contributed by atoms with E-state index in [9.17, 15) is 25.2 Å². The van der Waals surface area contributed by atoms with Crippen LogP contribution in [0.1, 0.15) is 99.3 Å². The maximum absolute atomic E-state index is 14.2. The number of ketones is 1. The van der Waals surface area contributed by atoms with Crippen molar-refractivity contribution in [2.24, 2.45) is 52.3 Å². The van der Waals surface area contributed by atoms with Gasteiger partial charge in [0.2, 0.25) is 0 Å². The fourth-order valence-corrected chi connectivity index (χ4v) is 9.98. The summed E-state index contributed by atoms with van der Waals surface area (Å²) in [7, 11) is 0. The molecule has 0 aromatic carbocycles. The van der Waals surface area contributed by atoms with Crippen LogP contribution < -0.4 is 0 Å². The lowest BCUT2D eigenvalue weighted by Gasteiger charge is -2.57. The van der Waals surface area contributed by atoms with Crippen molar-refractivity contribution < 1.29 is 34.7 Å². The highest BCUT2D eigenvalue weighted by Gasteiger charge is 2.62. The molecular formula is C34H56O7. The zero-order chi connectivity index (χ0) is 29.9. The Hall–Kier alpha value is -0.830. The molecule has 1 saturated heterocycles. The summed E-state index contributed by atoms with van der Waals surface area (Å²) in [5.41, 5.74) is 1.21. The van der Waals surface area contributed by atoms with Crippen LogP contribution in [0.5, 0.6) is 0 Å². The van der Waals surface area contributed by atoms with E-state index < -0.39 is 37.3 Å². The minimum absolute atomic E-state index is 0.0591. The van der Waals surface area contributed by atoms with Gasteiger partial charge in [0.1, 0.15) is 30.2 Å². The van der Waals surface area contributed by atoms with Gasteiger partial charge in [0.15, 0.2) is 6.29 Å². The van der Waals surface area contributed by atoms with E-state index in [0.29, 0.717) is 48.2 Å². The Balaban J connectivity index is 1.28. The number of allylic oxidation sites excluding steroid dienone is 1. The van der Waals surface area contributed by atoms with Crippen LogP contribution in [0.2, 0.25) is 0 Å².